The van der Waals surface area contributed by atoms with Gasteiger partial charge in [0.1, 0.15) is 0 Å². The van der Waals surface area contributed by atoms with Crippen molar-refractivity contribution in [3.8, 4) is 0 Å². The highest BCUT2D eigenvalue weighted by Crippen LogP contribution is 2.43. The van der Waals surface area contributed by atoms with Gasteiger partial charge in [-0.05, 0) is 44.9 Å². The van der Waals surface area contributed by atoms with E-state index in [4.69, 9.17) is 0 Å². The Hall–Kier alpha value is -1.95. The number of carbonyl (C=O) groups excluding carboxylic acids is 2. The maximum atomic E-state index is 12.8. The molecule has 4 heterocycles. The fourth-order valence-corrected chi connectivity index (χ4v) is 4.69. The molecule has 3 aliphatic heterocycles. The van der Waals surface area contributed by atoms with Crippen LogP contribution in [0.15, 0.2) is 18.5 Å². The first-order chi connectivity index (χ1) is 12.0. The van der Waals surface area contributed by atoms with E-state index in [1.54, 1.807) is 12.4 Å². The number of likely N-dealkylation sites (tertiary alicyclic amines) is 3. The zero-order valence-electron chi connectivity index (χ0n) is 15.1. The Morgan fingerprint density at radius 3 is 2.56 bits per heavy atom. The van der Waals surface area contributed by atoms with E-state index in [-0.39, 0.29) is 23.3 Å². The average Bonchev–Trinajstić information content (AvgIpc) is 3.20. The summed E-state index contributed by atoms with van der Waals surface area (Å²) in [6, 6.07) is 1.85. The molecule has 0 N–H and O–H groups in total. The van der Waals surface area contributed by atoms with Crippen molar-refractivity contribution < 1.29 is 9.59 Å². The number of pyridine rings is 1. The molecule has 3 fully saturated rings. The minimum Gasteiger partial charge on any atom is -0.341 e. The summed E-state index contributed by atoms with van der Waals surface area (Å²) in [6.45, 7) is 6.14. The second-order valence-electron chi connectivity index (χ2n) is 8.02. The van der Waals surface area contributed by atoms with Gasteiger partial charge in [-0.15, -0.1) is 0 Å². The third-order valence-corrected chi connectivity index (χ3v) is 6.06. The Labute approximate surface area is 148 Å². The summed E-state index contributed by atoms with van der Waals surface area (Å²) in [7, 11) is 2.04. The largest absolute Gasteiger partial charge is 0.341 e. The maximum Gasteiger partial charge on any atom is 0.255 e. The summed E-state index contributed by atoms with van der Waals surface area (Å²) in [4.78, 5) is 35.6. The number of amides is 2. The fraction of sp³-hybridized carbons (Fsp3) is 0.632. The number of aryl methyl sites for hydroxylation is 1. The monoisotopic (exact) mass is 342 g/mol. The SMILES string of the molecule is Cc1ccncc1C(=O)N1CC2(CC(C(=O)N3CCCC3)N(C)C2)C1. The summed E-state index contributed by atoms with van der Waals surface area (Å²) in [5.74, 6) is 0.345. The molecule has 134 valence electrons. The summed E-state index contributed by atoms with van der Waals surface area (Å²) >= 11 is 0. The van der Waals surface area contributed by atoms with Gasteiger partial charge in [0.2, 0.25) is 5.91 Å². The van der Waals surface area contributed by atoms with Crippen LogP contribution in [0.25, 0.3) is 0 Å². The van der Waals surface area contributed by atoms with Gasteiger partial charge in [-0.2, -0.15) is 0 Å². The van der Waals surface area contributed by atoms with E-state index in [1.807, 2.05) is 29.8 Å². The van der Waals surface area contributed by atoms with Gasteiger partial charge in [0, 0.05) is 50.5 Å². The van der Waals surface area contributed by atoms with Gasteiger partial charge in [-0.25, -0.2) is 0 Å². The molecule has 0 bridgehead atoms. The van der Waals surface area contributed by atoms with Gasteiger partial charge in [0.25, 0.3) is 5.91 Å². The average molecular weight is 342 g/mol. The number of nitrogens with zero attached hydrogens (tertiary/aromatic N) is 4. The van der Waals surface area contributed by atoms with Gasteiger partial charge in [0.05, 0.1) is 11.6 Å². The minimum absolute atomic E-state index is 0.0181. The van der Waals surface area contributed by atoms with Crippen LogP contribution < -0.4 is 0 Å². The molecule has 1 unspecified atom stereocenters. The minimum atomic E-state index is -0.0181. The lowest BCUT2D eigenvalue weighted by Gasteiger charge is -2.48. The molecule has 1 aromatic heterocycles. The fourth-order valence-electron chi connectivity index (χ4n) is 4.69. The van der Waals surface area contributed by atoms with E-state index < -0.39 is 0 Å². The number of likely N-dealkylation sites (N-methyl/N-ethyl adjacent to an activating group) is 1. The second kappa shape index (κ2) is 6.09. The predicted octanol–water partition coefficient (Wildman–Crippen LogP) is 1.16. The quantitative estimate of drug-likeness (QED) is 0.809. The highest BCUT2D eigenvalue weighted by Gasteiger charge is 2.54. The van der Waals surface area contributed by atoms with Crippen molar-refractivity contribution in [1.29, 1.82) is 0 Å². The zero-order valence-corrected chi connectivity index (χ0v) is 15.1. The van der Waals surface area contributed by atoms with Crippen LogP contribution >= 0.6 is 0 Å². The first kappa shape index (κ1) is 16.5. The molecule has 4 rings (SSSR count). The summed E-state index contributed by atoms with van der Waals surface area (Å²) in [6.07, 6.45) is 6.49. The molecule has 1 aromatic rings. The molecule has 0 aromatic carbocycles. The first-order valence-corrected chi connectivity index (χ1v) is 9.18. The predicted molar refractivity (Wildman–Crippen MR) is 94.2 cm³/mol. The zero-order chi connectivity index (χ0) is 17.6. The number of carbonyl (C=O) groups is 2. The Morgan fingerprint density at radius 1 is 1.16 bits per heavy atom. The van der Waals surface area contributed by atoms with Crippen molar-refractivity contribution in [1.82, 2.24) is 19.7 Å². The van der Waals surface area contributed by atoms with E-state index >= 15 is 0 Å². The lowest BCUT2D eigenvalue weighted by atomic mass is 9.77. The van der Waals surface area contributed by atoms with Crippen LogP contribution in [0.2, 0.25) is 0 Å². The van der Waals surface area contributed by atoms with Crippen molar-refractivity contribution in [2.75, 3.05) is 39.8 Å². The van der Waals surface area contributed by atoms with Crippen molar-refractivity contribution in [3.05, 3.63) is 29.6 Å². The van der Waals surface area contributed by atoms with Crippen molar-refractivity contribution >= 4 is 11.8 Å². The van der Waals surface area contributed by atoms with Crippen LogP contribution in [0.5, 0.6) is 0 Å². The molecule has 0 aliphatic carbocycles. The standard InChI is InChI=1S/C19H26N4O2/c1-14-5-6-20-10-15(14)17(24)23-12-19(13-23)9-16(21(2)11-19)18(25)22-7-3-4-8-22/h5-6,10,16H,3-4,7-9,11-13H2,1-2H3. The lowest BCUT2D eigenvalue weighted by Crippen LogP contribution is -2.59. The highest BCUT2D eigenvalue weighted by molar-refractivity contribution is 5.96. The Bertz CT molecular complexity index is 692. The van der Waals surface area contributed by atoms with Crippen LogP contribution in [0.3, 0.4) is 0 Å². The third kappa shape index (κ3) is 2.82. The summed E-state index contributed by atoms with van der Waals surface area (Å²) < 4.78 is 0. The van der Waals surface area contributed by atoms with Gasteiger partial charge in [-0.3, -0.25) is 19.5 Å². The molecular weight excluding hydrogens is 316 g/mol. The molecule has 6 heteroatoms. The van der Waals surface area contributed by atoms with Gasteiger partial charge >= 0.3 is 0 Å². The summed E-state index contributed by atoms with van der Waals surface area (Å²) in [5, 5.41) is 0. The lowest BCUT2D eigenvalue weighted by molar-refractivity contribution is -0.134. The van der Waals surface area contributed by atoms with Gasteiger partial charge in [0.15, 0.2) is 0 Å². The van der Waals surface area contributed by atoms with Crippen molar-refractivity contribution in [2.45, 2.75) is 32.2 Å². The van der Waals surface area contributed by atoms with Crippen LogP contribution in [0.1, 0.15) is 35.2 Å². The first-order valence-electron chi connectivity index (χ1n) is 9.18. The van der Waals surface area contributed by atoms with E-state index in [0.29, 0.717) is 5.56 Å². The highest BCUT2D eigenvalue weighted by atomic mass is 16.2. The number of hydrogen-bond donors (Lipinski definition) is 0. The smallest absolute Gasteiger partial charge is 0.255 e. The van der Waals surface area contributed by atoms with Crippen LogP contribution in [0.4, 0.5) is 0 Å². The topological polar surface area (TPSA) is 56.8 Å². The Kier molecular flexibility index (Phi) is 4.02. The van der Waals surface area contributed by atoms with Gasteiger partial charge in [-0.1, -0.05) is 0 Å². The van der Waals surface area contributed by atoms with E-state index in [2.05, 4.69) is 9.88 Å². The van der Waals surface area contributed by atoms with Crippen LogP contribution in [-0.2, 0) is 4.79 Å². The maximum absolute atomic E-state index is 12.8. The number of rotatable bonds is 2. The third-order valence-electron chi connectivity index (χ3n) is 6.06. The van der Waals surface area contributed by atoms with Crippen LogP contribution in [0, 0.1) is 12.3 Å². The number of hydrogen-bond acceptors (Lipinski definition) is 4. The normalized spacial score (nSPS) is 25.4. The molecule has 0 saturated carbocycles. The second-order valence-corrected chi connectivity index (χ2v) is 8.02. The van der Waals surface area contributed by atoms with Gasteiger partial charge < -0.3 is 9.80 Å². The van der Waals surface area contributed by atoms with E-state index in [1.165, 1.54) is 0 Å². The summed E-state index contributed by atoms with van der Waals surface area (Å²) in [5.41, 5.74) is 1.74. The van der Waals surface area contributed by atoms with Crippen molar-refractivity contribution in [3.63, 3.8) is 0 Å². The molecule has 25 heavy (non-hydrogen) atoms. The van der Waals surface area contributed by atoms with E-state index in [0.717, 1.165) is 57.5 Å². The molecule has 0 radical (unpaired) electrons. The van der Waals surface area contributed by atoms with Crippen molar-refractivity contribution in [2.24, 2.45) is 5.41 Å². The molecule has 3 saturated heterocycles. The Balaban J connectivity index is 1.40. The molecule has 1 spiro atoms. The number of aromatic nitrogens is 1. The molecule has 2 amide bonds. The Morgan fingerprint density at radius 2 is 1.88 bits per heavy atom. The molecule has 6 nitrogen and oxygen atoms in total. The van der Waals surface area contributed by atoms with E-state index in [9.17, 15) is 9.59 Å². The molecular formula is C19H26N4O2. The van der Waals surface area contributed by atoms with Crippen LogP contribution in [-0.4, -0.2) is 77.3 Å². The molecule has 1 atom stereocenters. The molecule has 3 aliphatic rings.